The number of nitrogens with zero attached hydrogens (tertiary/aromatic N) is 1. The molecule has 0 unspecified atom stereocenters. The zero-order valence-corrected chi connectivity index (χ0v) is 14.1. The van der Waals surface area contributed by atoms with Crippen molar-refractivity contribution in [3.05, 3.63) is 71.8 Å². The van der Waals surface area contributed by atoms with E-state index in [1.807, 2.05) is 54.6 Å². The van der Waals surface area contributed by atoms with Crippen molar-refractivity contribution in [2.45, 2.75) is 24.3 Å². The number of carbonyl (C=O) groups is 1. The van der Waals surface area contributed by atoms with Crippen LogP contribution in [0.4, 0.5) is 0 Å². The number of ether oxygens (including phenoxy) is 3. The standard InChI is InChI=1S/C21H17NO4/c23-20-21(22-19(26-20)14-6-2-1-3-7-14)11-5-4-8-16(21)15-9-10-17-18(12-15)25-13-24-17/h1-7,9-10,12,16H,8,11,13H2/t16-,21-/m1/s1. The Morgan fingerprint density at radius 1 is 1.00 bits per heavy atom. The highest BCUT2D eigenvalue weighted by atomic mass is 16.7. The van der Waals surface area contributed by atoms with Gasteiger partial charge in [-0.1, -0.05) is 36.4 Å². The second-order valence-corrected chi connectivity index (χ2v) is 6.67. The van der Waals surface area contributed by atoms with Crippen LogP contribution >= 0.6 is 0 Å². The minimum atomic E-state index is -0.923. The van der Waals surface area contributed by atoms with Crippen LogP contribution in [0.25, 0.3) is 0 Å². The van der Waals surface area contributed by atoms with Crippen LogP contribution in [0.5, 0.6) is 11.5 Å². The molecule has 0 fully saturated rings. The summed E-state index contributed by atoms with van der Waals surface area (Å²) in [5.74, 6) is 1.46. The highest BCUT2D eigenvalue weighted by Crippen LogP contribution is 2.46. The number of hydrogen-bond donors (Lipinski definition) is 0. The quantitative estimate of drug-likeness (QED) is 0.615. The minimum Gasteiger partial charge on any atom is -0.454 e. The van der Waals surface area contributed by atoms with E-state index < -0.39 is 5.54 Å². The fourth-order valence-corrected chi connectivity index (χ4v) is 3.85. The van der Waals surface area contributed by atoms with Crippen LogP contribution in [0.1, 0.15) is 29.9 Å². The Labute approximate surface area is 150 Å². The van der Waals surface area contributed by atoms with E-state index in [0.29, 0.717) is 18.1 Å². The van der Waals surface area contributed by atoms with Crippen LogP contribution in [0.3, 0.4) is 0 Å². The summed E-state index contributed by atoms with van der Waals surface area (Å²) in [6.07, 6.45) is 5.37. The molecule has 0 saturated carbocycles. The molecule has 2 aromatic rings. The van der Waals surface area contributed by atoms with Gasteiger partial charge in [0, 0.05) is 17.9 Å². The maximum Gasteiger partial charge on any atom is 0.341 e. The number of benzene rings is 2. The lowest BCUT2D eigenvalue weighted by molar-refractivity contribution is -0.139. The van der Waals surface area contributed by atoms with E-state index in [-0.39, 0.29) is 18.7 Å². The fourth-order valence-electron chi connectivity index (χ4n) is 3.85. The molecule has 2 aliphatic heterocycles. The van der Waals surface area contributed by atoms with E-state index in [9.17, 15) is 4.79 Å². The molecule has 0 saturated heterocycles. The molecular formula is C21H17NO4. The SMILES string of the molecule is O=C1OC(c2ccccc2)=N[C@@]12CC=CC[C@@H]2c1ccc2c(c1)OCO2. The van der Waals surface area contributed by atoms with E-state index >= 15 is 0 Å². The third-order valence-electron chi connectivity index (χ3n) is 5.21. The van der Waals surface area contributed by atoms with Crippen molar-refractivity contribution >= 4 is 11.9 Å². The molecule has 1 aliphatic carbocycles. The summed E-state index contributed by atoms with van der Waals surface area (Å²) in [6, 6.07) is 15.4. The molecule has 2 aromatic carbocycles. The smallest absolute Gasteiger partial charge is 0.341 e. The summed E-state index contributed by atoms with van der Waals surface area (Å²) in [5, 5.41) is 0. The van der Waals surface area contributed by atoms with Gasteiger partial charge in [-0.3, -0.25) is 0 Å². The minimum absolute atomic E-state index is 0.101. The number of allylic oxidation sites excluding steroid dienone is 1. The van der Waals surface area contributed by atoms with Gasteiger partial charge in [0.05, 0.1) is 0 Å². The number of rotatable bonds is 2. The van der Waals surface area contributed by atoms with Crippen molar-refractivity contribution < 1.29 is 19.0 Å². The lowest BCUT2D eigenvalue weighted by Crippen LogP contribution is -2.41. The van der Waals surface area contributed by atoms with Crippen LogP contribution in [-0.4, -0.2) is 24.2 Å². The second kappa shape index (κ2) is 5.73. The largest absolute Gasteiger partial charge is 0.454 e. The summed E-state index contributed by atoms with van der Waals surface area (Å²) >= 11 is 0. The zero-order chi connectivity index (χ0) is 17.6. The van der Waals surface area contributed by atoms with Crippen LogP contribution in [0.15, 0.2) is 65.7 Å². The highest BCUT2D eigenvalue weighted by Gasteiger charge is 2.52. The predicted octanol–water partition coefficient (Wildman–Crippen LogP) is 3.59. The Morgan fingerprint density at radius 3 is 2.73 bits per heavy atom. The van der Waals surface area contributed by atoms with Gasteiger partial charge in [-0.25, -0.2) is 9.79 Å². The summed E-state index contributed by atoms with van der Waals surface area (Å²) in [7, 11) is 0. The van der Waals surface area contributed by atoms with Crippen LogP contribution in [0.2, 0.25) is 0 Å². The van der Waals surface area contributed by atoms with Gasteiger partial charge in [0.15, 0.2) is 17.0 Å². The third-order valence-corrected chi connectivity index (χ3v) is 5.21. The van der Waals surface area contributed by atoms with Crippen molar-refractivity contribution in [2.75, 3.05) is 6.79 Å². The van der Waals surface area contributed by atoms with Gasteiger partial charge in [-0.2, -0.15) is 0 Å². The topological polar surface area (TPSA) is 57.1 Å². The van der Waals surface area contributed by atoms with Gasteiger partial charge in [0.1, 0.15) is 0 Å². The van der Waals surface area contributed by atoms with Crippen molar-refractivity contribution in [3.63, 3.8) is 0 Å². The molecule has 0 N–H and O–H groups in total. The molecule has 130 valence electrons. The Kier molecular flexibility index (Phi) is 3.35. The number of hydrogen-bond acceptors (Lipinski definition) is 5. The van der Waals surface area contributed by atoms with Crippen LogP contribution < -0.4 is 9.47 Å². The molecule has 1 spiro atoms. The van der Waals surface area contributed by atoms with E-state index in [2.05, 4.69) is 6.08 Å². The van der Waals surface area contributed by atoms with Gasteiger partial charge in [-0.05, 0) is 36.2 Å². The zero-order valence-electron chi connectivity index (χ0n) is 14.1. The molecule has 0 amide bonds. The van der Waals surface area contributed by atoms with Gasteiger partial charge < -0.3 is 14.2 Å². The summed E-state index contributed by atoms with van der Waals surface area (Å²) in [6.45, 7) is 0.229. The van der Waals surface area contributed by atoms with Gasteiger partial charge in [0.25, 0.3) is 0 Å². The molecule has 0 radical (unpaired) electrons. The molecule has 3 aliphatic rings. The average molecular weight is 347 g/mol. The number of fused-ring (bicyclic) bond motifs is 1. The number of esters is 1. The first-order valence-corrected chi connectivity index (χ1v) is 8.68. The second-order valence-electron chi connectivity index (χ2n) is 6.67. The Hall–Kier alpha value is -3.08. The average Bonchev–Trinajstić information content (AvgIpc) is 3.28. The molecule has 0 bridgehead atoms. The Bertz CT molecular complexity index is 934. The molecule has 5 heteroatoms. The third kappa shape index (κ3) is 2.24. The van der Waals surface area contributed by atoms with E-state index in [4.69, 9.17) is 19.2 Å². The van der Waals surface area contributed by atoms with Gasteiger partial charge in [-0.15, -0.1) is 0 Å². The number of cyclic esters (lactones) is 1. The Balaban J connectivity index is 1.58. The van der Waals surface area contributed by atoms with E-state index in [1.54, 1.807) is 0 Å². The molecule has 0 aromatic heterocycles. The first kappa shape index (κ1) is 15.2. The number of aliphatic imine (C=N–C) groups is 1. The molecule has 5 nitrogen and oxygen atoms in total. The Morgan fingerprint density at radius 2 is 1.85 bits per heavy atom. The van der Waals surface area contributed by atoms with Gasteiger partial charge >= 0.3 is 5.97 Å². The van der Waals surface area contributed by atoms with Crippen molar-refractivity contribution in [2.24, 2.45) is 4.99 Å². The van der Waals surface area contributed by atoms with Crippen molar-refractivity contribution in [1.82, 2.24) is 0 Å². The van der Waals surface area contributed by atoms with E-state index in [0.717, 1.165) is 23.3 Å². The van der Waals surface area contributed by atoms with Crippen LogP contribution in [-0.2, 0) is 9.53 Å². The molecule has 5 rings (SSSR count). The molecule has 26 heavy (non-hydrogen) atoms. The lowest BCUT2D eigenvalue weighted by atomic mass is 9.73. The lowest BCUT2D eigenvalue weighted by Gasteiger charge is -2.33. The summed E-state index contributed by atoms with van der Waals surface area (Å²) in [5.41, 5.74) is 0.901. The maximum atomic E-state index is 12.9. The monoisotopic (exact) mass is 347 g/mol. The van der Waals surface area contributed by atoms with E-state index in [1.165, 1.54) is 0 Å². The van der Waals surface area contributed by atoms with Crippen molar-refractivity contribution in [1.29, 1.82) is 0 Å². The predicted molar refractivity (Wildman–Crippen MR) is 95.5 cm³/mol. The van der Waals surface area contributed by atoms with Gasteiger partial charge in [0.2, 0.25) is 12.7 Å². The molecule has 2 atom stereocenters. The molecule has 2 heterocycles. The first-order chi connectivity index (χ1) is 12.8. The number of carbonyl (C=O) groups excluding carboxylic acids is 1. The summed E-state index contributed by atoms with van der Waals surface area (Å²) < 4.78 is 16.5. The first-order valence-electron chi connectivity index (χ1n) is 8.68. The normalized spacial score (nSPS) is 26.1. The highest BCUT2D eigenvalue weighted by molar-refractivity contribution is 6.08. The maximum absolute atomic E-state index is 12.9. The van der Waals surface area contributed by atoms with Crippen LogP contribution in [0, 0.1) is 0 Å². The van der Waals surface area contributed by atoms with Crippen molar-refractivity contribution in [3.8, 4) is 11.5 Å². The summed E-state index contributed by atoms with van der Waals surface area (Å²) in [4.78, 5) is 17.7. The molecular weight excluding hydrogens is 330 g/mol. The fraction of sp³-hybridized carbons (Fsp3) is 0.238.